The Morgan fingerprint density at radius 3 is 2.38 bits per heavy atom. The molecule has 0 N–H and O–H groups in total. The van der Waals surface area contributed by atoms with Crippen LogP contribution >= 0.6 is 8.03 Å². The highest BCUT2D eigenvalue weighted by atomic mass is 31.1. The van der Waals surface area contributed by atoms with Gasteiger partial charge < -0.3 is 0 Å². The van der Waals surface area contributed by atoms with Gasteiger partial charge in [-0.05, 0) is 11.5 Å². The lowest BCUT2D eigenvalue weighted by molar-refractivity contribution is 0.206. The molecule has 0 aromatic carbocycles. The molecule has 2 nitrogen and oxygen atoms in total. The second kappa shape index (κ2) is 3.87. The molecule has 5 heteroatoms. The second-order valence-corrected chi connectivity index (χ2v) is 2.20. The molecule has 0 aliphatic rings. The molecular formula is C3H6F2O2P+. The van der Waals surface area contributed by atoms with Crippen molar-refractivity contribution in [1.82, 2.24) is 0 Å². The van der Waals surface area contributed by atoms with E-state index in [-0.39, 0.29) is 6.61 Å². The quantitative estimate of drug-likeness (QED) is 0.564. The molecule has 1 unspecified atom stereocenters. The first kappa shape index (κ1) is 7.92. The number of halogens is 2. The molecule has 0 aromatic rings. The van der Waals surface area contributed by atoms with E-state index >= 15 is 0 Å². The second-order valence-electron chi connectivity index (χ2n) is 0.981. The summed E-state index contributed by atoms with van der Waals surface area (Å²) in [7, 11) is -2.72. The average molecular weight is 143 g/mol. The maximum Gasteiger partial charge on any atom is 0.582 e. The van der Waals surface area contributed by atoms with Gasteiger partial charge in [-0.15, -0.1) is 4.52 Å². The van der Waals surface area contributed by atoms with Crippen molar-refractivity contribution in [2.45, 2.75) is 13.1 Å². The molecule has 0 spiro atoms. The van der Waals surface area contributed by atoms with Gasteiger partial charge in [0.15, 0.2) is 0 Å². The third-order valence-electron chi connectivity index (χ3n) is 0.416. The van der Waals surface area contributed by atoms with E-state index in [0.717, 1.165) is 0 Å². The molecule has 8 heavy (non-hydrogen) atoms. The fourth-order valence-electron chi connectivity index (χ4n) is 0.184. The molecule has 0 radical (unpaired) electrons. The zero-order valence-electron chi connectivity index (χ0n) is 4.30. The Hall–Kier alpha value is -0.0800. The molecule has 48 valence electrons. The molecule has 0 amide bonds. The van der Waals surface area contributed by atoms with Crippen molar-refractivity contribution in [2.75, 3.05) is 6.61 Å². The summed E-state index contributed by atoms with van der Waals surface area (Å²) in [6, 6.07) is 0. The molecule has 0 saturated heterocycles. The van der Waals surface area contributed by atoms with Gasteiger partial charge in [-0.2, -0.15) is 8.78 Å². The van der Waals surface area contributed by atoms with Crippen molar-refractivity contribution >= 4 is 8.03 Å². The fraction of sp³-hybridized carbons (Fsp3) is 1.00. The molecule has 0 aliphatic heterocycles. The number of rotatable bonds is 3. The van der Waals surface area contributed by atoms with Crippen LogP contribution in [0, 0.1) is 0 Å². The minimum absolute atomic E-state index is 0.0690. The van der Waals surface area contributed by atoms with Crippen LogP contribution in [0.5, 0.6) is 0 Å². The van der Waals surface area contributed by atoms with E-state index in [9.17, 15) is 13.3 Å². The fourth-order valence-corrected chi connectivity index (χ4v) is 0.551. The van der Waals surface area contributed by atoms with Gasteiger partial charge in [-0.1, -0.05) is 0 Å². The SMILES string of the molecule is CCO[P+](=O)C(F)F. The first-order valence-corrected chi connectivity index (χ1v) is 3.30. The topological polar surface area (TPSA) is 26.3 Å². The van der Waals surface area contributed by atoms with Gasteiger partial charge in [0, 0.05) is 0 Å². The van der Waals surface area contributed by atoms with Crippen molar-refractivity contribution in [2.24, 2.45) is 0 Å². The highest BCUT2D eigenvalue weighted by Gasteiger charge is 2.31. The predicted octanol–water partition coefficient (Wildman–Crippen LogP) is 1.99. The minimum Gasteiger partial charge on any atom is -0.155 e. The molecule has 0 aliphatic carbocycles. The van der Waals surface area contributed by atoms with Gasteiger partial charge in [0.05, 0.1) is 6.61 Å². The van der Waals surface area contributed by atoms with Gasteiger partial charge in [0.1, 0.15) is 0 Å². The molecular weight excluding hydrogens is 137 g/mol. The van der Waals surface area contributed by atoms with Crippen LogP contribution in [-0.4, -0.2) is 12.8 Å². The Labute approximate surface area is 46.7 Å². The van der Waals surface area contributed by atoms with Gasteiger partial charge in [0.25, 0.3) is 0 Å². The Kier molecular flexibility index (Phi) is 3.83. The lowest BCUT2D eigenvalue weighted by Gasteiger charge is -1.79. The summed E-state index contributed by atoms with van der Waals surface area (Å²) in [6.07, 6.45) is -2.84. The van der Waals surface area contributed by atoms with E-state index in [4.69, 9.17) is 0 Å². The monoisotopic (exact) mass is 143 g/mol. The van der Waals surface area contributed by atoms with Crippen molar-refractivity contribution in [3.05, 3.63) is 0 Å². The smallest absolute Gasteiger partial charge is 0.155 e. The lowest BCUT2D eigenvalue weighted by Crippen LogP contribution is -1.85. The zero-order chi connectivity index (χ0) is 6.57. The van der Waals surface area contributed by atoms with Crippen LogP contribution in [0.2, 0.25) is 0 Å². The number of alkyl halides is 2. The van der Waals surface area contributed by atoms with Crippen molar-refractivity contribution in [1.29, 1.82) is 0 Å². The van der Waals surface area contributed by atoms with Gasteiger partial charge in [-0.3, -0.25) is 0 Å². The van der Waals surface area contributed by atoms with Crippen LogP contribution < -0.4 is 0 Å². The van der Waals surface area contributed by atoms with Crippen molar-refractivity contribution in [3.63, 3.8) is 0 Å². The Morgan fingerprint density at radius 1 is 1.75 bits per heavy atom. The van der Waals surface area contributed by atoms with Crippen LogP contribution in [0.4, 0.5) is 8.78 Å². The Morgan fingerprint density at radius 2 is 2.25 bits per heavy atom. The normalized spacial score (nSPS) is 12.2. The van der Waals surface area contributed by atoms with E-state index in [1.165, 1.54) is 6.92 Å². The van der Waals surface area contributed by atoms with E-state index in [1.54, 1.807) is 0 Å². The first-order valence-electron chi connectivity index (χ1n) is 2.06. The Balaban J connectivity index is 3.33. The van der Waals surface area contributed by atoms with Crippen LogP contribution in [0.15, 0.2) is 0 Å². The van der Waals surface area contributed by atoms with Crippen LogP contribution in [0.3, 0.4) is 0 Å². The number of hydrogen-bond acceptors (Lipinski definition) is 2. The predicted molar refractivity (Wildman–Crippen MR) is 25.2 cm³/mol. The molecule has 1 atom stereocenters. The number of hydrogen-bond donors (Lipinski definition) is 0. The van der Waals surface area contributed by atoms with E-state index in [2.05, 4.69) is 4.52 Å². The summed E-state index contributed by atoms with van der Waals surface area (Å²) in [6.45, 7) is 1.58. The van der Waals surface area contributed by atoms with Gasteiger partial charge in [0.2, 0.25) is 0 Å². The highest BCUT2D eigenvalue weighted by Crippen LogP contribution is 2.30. The molecule has 0 saturated carbocycles. The first-order chi connectivity index (χ1) is 3.68. The largest absolute Gasteiger partial charge is 0.582 e. The van der Waals surface area contributed by atoms with Gasteiger partial charge >= 0.3 is 14.2 Å². The third kappa shape index (κ3) is 2.99. The Bertz CT molecular complexity index is 85.4. The maximum atomic E-state index is 11.2. The van der Waals surface area contributed by atoms with Crippen molar-refractivity contribution in [3.8, 4) is 0 Å². The van der Waals surface area contributed by atoms with E-state index in [0.29, 0.717) is 0 Å². The molecule has 0 bridgehead atoms. The molecule has 0 rings (SSSR count). The summed E-state index contributed by atoms with van der Waals surface area (Å²) >= 11 is 0. The van der Waals surface area contributed by atoms with Crippen LogP contribution in [0.25, 0.3) is 0 Å². The summed E-state index contributed by atoms with van der Waals surface area (Å²) in [5, 5.41) is 0. The zero-order valence-corrected chi connectivity index (χ0v) is 5.20. The third-order valence-corrected chi connectivity index (χ3v) is 1.25. The van der Waals surface area contributed by atoms with Gasteiger partial charge in [-0.25, -0.2) is 0 Å². The minimum atomic E-state index is -2.84. The standard InChI is InChI=1S/C3H6F2O2P/c1-2-7-8(6)3(4)5/h3H,2H2,1H3/q+1. The highest BCUT2D eigenvalue weighted by molar-refractivity contribution is 7.39. The summed E-state index contributed by atoms with van der Waals surface area (Å²) < 4.78 is 36.4. The van der Waals surface area contributed by atoms with E-state index < -0.39 is 14.2 Å². The summed E-state index contributed by atoms with van der Waals surface area (Å²) in [5.41, 5.74) is 0. The van der Waals surface area contributed by atoms with Crippen molar-refractivity contribution < 1.29 is 17.9 Å². The molecule has 0 fully saturated rings. The molecule has 0 aromatic heterocycles. The van der Waals surface area contributed by atoms with Crippen LogP contribution in [-0.2, 0) is 9.09 Å². The summed E-state index contributed by atoms with van der Waals surface area (Å²) in [5.74, 6) is 0. The average Bonchev–Trinajstić information content (AvgIpc) is 1.67. The summed E-state index contributed by atoms with van der Waals surface area (Å²) in [4.78, 5) is 0. The van der Waals surface area contributed by atoms with Crippen LogP contribution in [0.1, 0.15) is 6.92 Å². The van der Waals surface area contributed by atoms with E-state index in [1.807, 2.05) is 0 Å². The molecule has 0 heterocycles. The maximum absolute atomic E-state index is 11.2. The lowest BCUT2D eigenvalue weighted by atomic mass is 10.9.